The van der Waals surface area contributed by atoms with Crippen molar-refractivity contribution in [3.8, 4) is 0 Å². The molecule has 0 saturated heterocycles. The largest absolute Gasteiger partial charge is 0.462 e. The molecule has 0 aromatic heterocycles. The van der Waals surface area contributed by atoms with Gasteiger partial charge in [0.1, 0.15) is 13.2 Å². The molecule has 0 fully saturated rings. The van der Waals surface area contributed by atoms with Gasteiger partial charge in [-0.05, 0) is 122 Å². The van der Waals surface area contributed by atoms with Crippen LogP contribution in [-0.4, -0.2) is 37.2 Å². The number of rotatable bonds is 56. The van der Waals surface area contributed by atoms with Gasteiger partial charge < -0.3 is 14.2 Å². The molecule has 6 nitrogen and oxygen atoms in total. The SMILES string of the molecule is CC/C=C\C/C=C\C/C=C\CCCCCCCCCC(=O)OCC(COC(=O)CCCCCCCC/C=C\C/C=C\C/C=C\CCCCCCC)OC(=O)CCCCCCCCC/C=C\C/C=C\CCCCCC. The fourth-order valence-corrected chi connectivity index (χ4v) is 8.61. The van der Waals surface area contributed by atoms with Gasteiger partial charge >= 0.3 is 17.9 Å². The Labute approximate surface area is 457 Å². The Morgan fingerprint density at radius 1 is 0.284 bits per heavy atom. The standard InChI is InChI=1S/C68H116O6/c1-4-7-10-13-16-19-22-25-28-31-33-34-35-38-40-43-46-49-52-55-58-61-67(70)73-64-65(63-72-66(69)60-57-54-51-48-45-42-39-36-30-27-24-21-18-15-12-9-6-3)74-68(71)62-59-56-53-50-47-44-41-37-32-29-26-23-20-17-14-11-8-5-2/h9,12,18,20-23,25,27,29-33,35,38,65H,4-8,10-11,13-17,19,24,26,28,34,36-37,39-64H2,1-3H3/b12-9-,21-18-,23-20-,25-22-,30-27-,32-29-,33-31-,38-35-. The first kappa shape index (κ1) is 70.3. The molecular formula is C68H116O6. The van der Waals surface area contributed by atoms with Crippen molar-refractivity contribution in [2.24, 2.45) is 0 Å². The lowest BCUT2D eigenvalue weighted by Gasteiger charge is -2.18. The molecule has 74 heavy (non-hydrogen) atoms. The lowest BCUT2D eigenvalue weighted by molar-refractivity contribution is -0.167. The number of hydrogen-bond acceptors (Lipinski definition) is 6. The topological polar surface area (TPSA) is 78.9 Å². The Hall–Kier alpha value is -3.67. The molecule has 0 aromatic carbocycles. The van der Waals surface area contributed by atoms with E-state index < -0.39 is 6.10 Å². The molecule has 0 aliphatic heterocycles. The van der Waals surface area contributed by atoms with Crippen LogP contribution in [0.3, 0.4) is 0 Å². The van der Waals surface area contributed by atoms with Crippen molar-refractivity contribution in [2.45, 2.75) is 303 Å². The summed E-state index contributed by atoms with van der Waals surface area (Å²) in [4.78, 5) is 38.3. The number of esters is 3. The molecule has 1 unspecified atom stereocenters. The number of unbranched alkanes of at least 4 members (excludes halogenated alkanes) is 29. The maximum Gasteiger partial charge on any atom is 0.306 e. The summed E-state index contributed by atoms with van der Waals surface area (Å²) in [5.74, 6) is -0.912. The summed E-state index contributed by atoms with van der Waals surface area (Å²) < 4.78 is 16.9. The van der Waals surface area contributed by atoms with Crippen molar-refractivity contribution in [1.82, 2.24) is 0 Å². The van der Waals surface area contributed by atoms with Gasteiger partial charge in [0.25, 0.3) is 0 Å². The molecule has 6 heteroatoms. The van der Waals surface area contributed by atoms with Crippen LogP contribution in [0.1, 0.15) is 297 Å². The first-order valence-corrected chi connectivity index (χ1v) is 31.2. The van der Waals surface area contributed by atoms with Crippen molar-refractivity contribution in [3.63, 3.8) is 0 Å². The first-order chi connectivity index (χ1) is 36.5. The Balaban J connectivity index is 4.44. The fraction of sp³-hybridized carbons (Fsp3) is 0.721. The van der Waals surface area contributed by atoms with Crippen LogP contribution < -0.4 is 0 Å². The van der Waals surface area contributed by atoms with Gasteiger partial charge in [0.2, 0.25) is 0 Å². The summed E-state index contributed by atoms with van der Waals surface area (Å²) in [6.45, 7) is 6.50. The maximum absolute atomic E-state index is 12.9. The first-order valence-electron chi connectivity index (χ1n) is 31.2. The number of carbonyl (C=O) groups is 3. The average molecular weight is 1030 g/mol. The highest BCUT2D eigenvalue weighted by Crippen LogP contribution is 2.15. The Morgan fingerprint density at radius 3 is 0.838 bits per heavy atom. The van der Waals surface area contributed by atoms with E-state index in [9.17, 15) is 14.4 Å². The summed E-state index contributed by atoms with van der Waals surface area (Å²) in [6, 6.07) is 0. The molecule has 0 spiro atoms. The minimum absolute atomic E-state index is 0.0905. The quantitative estimate of drug-likeness (QED) is 0.0261. The molecule has 0 heterocycles. The zero-order valence-corrected chi connectivity index (χ0v) is 48.6. The highest BCUT2D eigenvalue weighted by Gasteiger charge is 2.19. The van der Waals surface area contributed by atoms with Gasteiger partial charge in [-0.1, -0.05) is 253 Å². The number of hydrogen-bond donors (Lipinski definition) is 0. The van der Waals surface area contributed by atoms with Gasteiger partial charge in [0.15, 0.2) is 6.10 Å². The molecule has 1 atom stereocenters. The average Bonchev–Trinajstić information content (AvgIpc) is 3.40. The van der Waals surface area contributed by atoms with E-state index in [1.54, 1.807) is 0 Å². The number of carbonyl (C=O) groups excluding carboxylic acids is 3. The summed E-state index contributed by atoms with van der Waals surface area (Å²) in [6.07, 6.45) is 82.5. The molecule has 0 bridgehead atoms. The van der Waals surface area contributed by atoms with Crippen LogP contribution >= 0.6 is 0 Å². The minimum Gasteiger partial charge on any atom is -0.462 e. The van der Waals surface area contributed by atoms with Gasteiger partial charge in [-0.15, -0.1) is 0 Å². The van der Waals surface area contributed by atoms with Crippen molar-refractivity contribution in [1.29, 1.82) is 0 Å². The second-order valence-electron chi connectivity index (χ2n) is 20.6. The third kappa shape index (κ3) is 59.2. The minimum atomic E-state index is -0.794. The molecule has 424 valence electrons. The van der Waals surface area contributed by atoms with Crippen LogP contribution in [0.4, 0.5) is 0 Å². The van der Waals surface area contributed by atoms with Gasteiger partial charge in [-0.3, -0.25) is 14.4 Å². The van der Waals surface area contributed by atoms with E-state index in [1.165, 1.54) is 141 Å². The van der Waals surface area contributed by atoms with Crippen LogP contribution in [0.15, 0.2) is 97.2 Å². The van der Waals surface area contributed by atoms with E-state index in [4.69, 9.17) is 14.2 Å². The highest BCUT2D eigenvalue weighted by atomic mass is 16.6. The molecule has 0 aliphatic rings. The summed E-state index contributed by atoms with van der Waals surface area (Å²) in [7, 11) is 0. The molecule has 0 amide bonds. The molecular weight excluding hydrogens is 913 g/mol. The van der Waals surface area contributed by atoms with Gasteiger partial charge in [0, 0.05) is 19.3 Å². The third-order valence-electron chi connectivity index (χ3n) is 13.3. The fourth-order valence-electron chi connectivity index (χ4n) is 8.61. The predicted molar refractivity (Wildman–Crippen MR) is 320 cm³/mol. The number of allylic oxidation sites excluding steroid dienone is 16. The lowest BCUT2D eigenvalue weighted by Crippen LogP contribution is -2.30. The van der Waals surface area contributed by atoms with E-state index in [-0.39, 0.29) is 31.1 Å². The molecule has 0 saturated carbocycles. The van der Waals surface area contributed by atoms with E-state index in [1.807, 2.05) is 0 Å². The van der Waals surface area contributed by atoms with Gasteiger partial charge in [-0.25, -0.2) is 0 Å². The highest BCUT2D eigenvalue weighted by molar-refractivity contribution is 5.71. The van der Waals surface area contributed by atoms with Crippen molar-refractivity contribution in [2.75, 3.05) is 13.2 Å². The smallest absolute Gasteiger partial charge is 0.306 e. The van der Waals surface area contributed by atoms with Crippen molar-refractivity contribution in [3.05, 3.63) is 97.2 Å². The van der Waals surface area contributed by atoms with Crippen molar-refractivity contribution < 1.29 is 28.6 Å². The van der Waals surface area contributed by atoms with Gasteiger partial charge in [0.05, 0.1) is 0 Å². The lowest BCUT2D eigenvalue weighted by atomic mass is 10.1. The van der Waals surface area contributed by atoms with E-state index in [2.05, 4.69) is 118 Å². The molecule has 0 aliphatic carbocycles. The monoisotopic (exact) mass is 1030 g/mol. The van der Waals surface area contributed by atoms with Crippen LogP contribution in [0.2, 0.25) is 0 Å². The summed E-state index contributed by atoms with van der Waals surface area (Å²) in [5.41, 5.74) is 0. The Morgan fingerprint density at radius 2 is 0.527 bits per heavy atom. The van der Waals surface area contributed by atoms with E-state index in [0.29, 0.717) is 19.3 Å². The van der Waals surface area contributed by atoms with E-state index >= 15 is 0 Å². The number of ether oxygens (including phenoxy) is 3. The van der Waals surface area contributed by atoms with Crippen LogP contribution in [0, 0.1) is 0 Å². The second kappa shape index (κ2) is 61.9. The molecule has 0 aromatic rings. The zero-order chi connectivity index (χ0) is 53.6. The van der Waals surface area contributed by atoms with Crippen molar-refractivity contribution >= 4 is 17.9 Å². The molecule has 0 radical (unpaired) electrons. The maximum atomic E-state index is 12.9. The van der Waals surface area contributed by atoms with Crippen LogP contribution in [-0.2, 0) is 28.6 Å². The third-order valence-corrected chi connectivity index (χ3v) is 13.3. The summed E-state index contributed by atoms with van der Waals surface area (Å²) >= 11 is 0. The van der Waals surface area contributed by atoms with Gasteiger partial charge in [-0.2, -0.15) is 0 Å². The molecule has 0 rings (SSSR count). The normalized spacial score (nSPS) is 12.7. The Bertz CT molecular complexity index is 1460. The second-order valence-corrected chi connectivity index (χ2v) is 20.6. The predicted octanol–water partition coefficient (Wildman–Crippen LogP) is 21.3. The van der Waals surface area contributed by atoms with Crippen LogP contribution in [0.25, 0.3) is 0 Å². The van der Waals surface area contributed by atoms with E-state index in [0.717, 1.165) is 116 Å². The Kier molecular flexibility index (Phi) is 58.8. The van der Waals surface area contributed by atoms with Crippen LogP contribution in [0.5, 0.6) is 0 Å². The molecule has 0 N–H and O–H groups in total. The summed E-state index contributed by atoms with van der Waals surface area (Å²) in [5, 5.41) is 0. The zero-order valence-electron chi connectivity index (χ0n) is 48.6.